The van der Waals surface area contributed by atoms with Crippen molar-refractivity contribution in [3.63, 3.8) is 0 Å². The van der Waals surface area contributed by atoms with E-state index in [0.29, 0.717) is 5.56 Å². The number of nitrogens with two attached hydrogens (primary N) is 1. The maximum Gasteiger partial charge on any atom is 0.248 e. The molecule has 4 nitrogen and oxygen atoms in total. The summed E-state index contributed by atoms with van der Waals surface area (Å²) in [4.78, 5) is 15.3. The summed E-state index contributed by atoms with van der Waals surface area (Å²) in [5, 5.41) is 2.17. The molecule has 0 saturated carbocycles. The van der Waals surface area contributed by atoms with Crippen LogP contribution >= 0.6 is 0 Å². The van der Waals surface area contributed by atoms with Gasteiger partial charge in [-0.3, -0.25) is 9.78 Å². The van der Waals surface area contributed by atoms with Crippen LogP contribution in [-0.4, -0.2) is 15.5 Å². The van der Waals surface area contributed by atoms with Gasteiger partial charge in [0.25, 0.3) is 0 Å². The molecule has 0 aliphatic rings. The third-order valence-electron chi connectivity index (χ3n) is 3.09. The second-order valence-electron chi connectivity index (χ2n) is 4.05. The van der Waals surface area contributed by atoms with Gasteiger partial charge in [0.15, 0.2) is 0 Å². The topological polar surface area (TPSA) is 60.9 Å². The highest BCUT2D eigenvalue weighted by atomic mass is 16.1. The Morgan fingerprint density at radius 2 is 2.06 bits per heavy atom. The van der Waals surface area contributed by atoms with Crippen molar-refractivity contribution in [1.29, 1.82) is 0 Å². The van der Waals surface area contributed by atoms with Crippen LogP contribution < -0.4 is 5.73 Å². The number of pyridine rings is 1. The zero-order chi connectivity index (χ0) is 12.0. The summed E-state index contributed by atoms with van der Waals surface area (Å²) in [5.74, 6) is -0.407. The Morgan fingerprint density at radius 3 is 2.82 bits per heavy atom. The van der Waals surface area contributed by atoms with Gasteiger partial charge in [-0.1, -0.05) is 6.07 Å². The van der Waals surface area contributed by atoms with E-state index in [4.69, 9.17) is 5.73 Å². The molecule has 2 heterocycles. The summed E-state index contributed by atoms with van der Waals surface area (Å²) in [6.07, 6.45) is 3.60. The van der Waals surface area contributed by atoms with Crippen LogP contribution in [0.3, 0.4) is 0 Å². The second kappa shape index (κ2) is 3.31. The van der Waals surface area contributed by atoms with Gasteiger partial charge in [-0.05, 0) is 18.2 Å². The number of aromatic nitrogens is 2. The van der Waals surface area contributed by atoms with Crippen molar-refractivity contribution in [1.82, 2.24) is 9.55 Å². The monoisotopic (exact) mass is 225 g/mol. The van der Waals surface area contributed by atoms with Gasteiger partial charge in [-0.15, -0.1) is 0 Å². The van der Waals surface area contributed by atoms with Crippen LogP contribution in [-0.2, 0) is 7.05 Å². The second-order valence-corrected chi connectivity index (χ2v) is 4.05. The minimum absolute atomic E-state index is 0.407. The quantitative estimate of drug-likeness (QED) is 0.686. The molecule has 2 N–H and O–H groups in total. The number of amides is 1. The molecule has 17 heavy (non-hydrogen) atoms. The van der Waals surface area contributed by atoms with Gasteiger partial charge in [-0.25, -0.2) is 0 Å². The average molecular weight is 225 g/mol. The number of carbonyl (C=O) groups excluding carboxylic acids is 1. The van der Waals surface area contributed by atoms with Gasteiger partial charge in [0, 0.05) is 41.3 Å². The Labute approximate surface area is 97.7 Å². The van der Waals surface area contributed by atoms with E-state index in [0.717, 1.165) is 21.8 Å². The molecule has 4 heteroatoms. The Morgan fingerprint density at radius 1 is 1.24 bits per heavy atom. The molecule has 1 aromatic carbocycles. The van der Waals surface area contributed by atoms with E-state index in [2.05, 4.69) is 4.98 Å². The highest BCUT2D eigenvalue weighted by Gasteiger charge is 2.09. The summed E-state index contributed by atoms with van der Waals surface area (Å²) in [6, 6.07) is 7.44. The molecule has 3 rings (SSSR count). The van der Waals surface area contributed by atoms with Crippen molar-refractivity contribution in [3.8, 4) is 0 Å². The standard InChI is InChI=1S/C13H11N3O/c1-16-11-4-5-15-7-10(11)9-3-2-8(13(14)17)6-12(9)16/h2-7H,1H3,(H2,14,17). The van der Waals surface area contributed by atoms with Crippen LogP contribution in [0.5, 0.6) is 0 Å². The number of carbonyl (C=O) groups is 1. The van der Waals surface area contributed by atoms with Crippen LogP contribution in [0.2, 0.25) is 0 Å². The van der Waals surface area contributed by atoms with Gasteiger partial charge in [-0.2, -0.15) is 0 Å². The Hall–Kier alpha value is -2.36. The molecule has 0 atom stereocenters. The highest BCUT2D eigenvalue weighted by molar-refractivity contribution is 6.09. The number of aryl methyl sites for hydroxylation is 1. The molecule has 0 bridgehead atoms. The van der Waals surface area contributed by atoms with Gasteiger partial charge in [0.1, 0.15) is 0 Å². The SMILES string of the molecule is Cn1c2ccncc2c2ccc(C(N)=O)cc21. The lowest BCUT2D eigenvalue weighted by Gasteiger charge is -1.99. The fourth-order valence-electron chi connectivity index (χ4n) is 2.21. The molecule has 0 spiro atoms. The molecule has 2 aromatic heterocycles. The molecule has 1 amide bonds. The van der Waals surface area contributed by atoms with E-state index >= 15 is 0 Å². The number of hydrogen-bond donors (Lipinski definition) is 1. The van der Waals surface area contributed by atoms with Crippen LogP contribution in [0.15, 0.2) is 36.7 Å². The molecule has 84 valence electrons. The van der Waals surface area contributed by atoms with Crippen LogP contribution in [0.1, 0.15) is 10.4 Å². The first-order valence-corrected chi connectivity index (χ1v) is 5.30. The Bertz CT molecular complexity index is 743. The van der Waals surface area contributed by atoms with E-state index in [-0.39, 0.29) is 0 Å². The fourth-order valence-corrected chi connectivity index (χ4v) is 2.21. The maximum absolute atomic E-state index is 11.2. The van der Waals surface area contributed by atoms with E-state index in [1.165, 1.54) is 0 Å². The summed E-state index contributed by atoms with van der Waals surface area (Å²) >= 11 is 0. The number of hydrogen-bond acceptors (Lipinski definition) is 2. The summed E-state index contributed by atoms with van der Waals surface area (Å²) < 4.78 is 2.04. The Balaban J connectivity index is 2.49. The fraction of sp³-hybridized carbons (Fsp3) is 0.0769. The lowest BCUT2D eigenvalue weighted by molar-refractivity contribution is 0.100. The Kier molecular flexibility index (Phi) is 1.92. The average Bonchev–Trinajstić information content (AvgIpc) is 2.64. The minimum atomic E-state index is -0.407. The van der Waals surface area contributed by atoms with E-state index in [9.17, 15) is 4.79 Å². The van der Waals surface area contributed by atoms with E-state index in [1.54, 1.807) is 12.3 Å². The number of primary amides is 1. The van der Waals surface area contributed by atoms with Crippen molar-refractivity contribution in [2.24, 2.45) is 12.8 Å². The predicted octanol–water partition coefficient (Wildman–Crippen LogP) is 1.83. The molecule has 3 aromatic rings. The van der Waals surface area contributed by atoms with Crippen molar-refractivity contribution in [2.75, 3.05) is 0 Å². The van der Waals surface area contributed by atoms with Crippen molar-refractivity contribution < 1.29 is 4.79 Å². The molecular formula is C13H11N3O. The van der Waals surface area contributed by atoms with Gasteiger partial charge < -0.3 is 10.3 Å². The first-order chi connectivity index (χ1) is 8.18. The van der Waals surface area contributed by atoms with Crippen LogP contribution in [0, 0.1) is 0 Å². The lowest BCUT2D eigenvalue weighted by Crippen LogP contribution is -2.10. The molecule has 0 unspecified atom stereocenters. The number of nitrogens with zero attached hydrogens (tertiary/aromatic N) is 2. The van der Waals surface area contributed by atoms with Gasteiger partial charge >= 0.3 is 0 Å². The molecule has 0 radical (unpaired) electrons. The highest BCUT2D eigenvalue weighted by Crippen LogP contribution is 2.27. The van der Waals surface area contributed by atoms with E-state index < -0.39 is 5.91 Å². The summed E-state index contributed by atoms with van der Waals surface area (Å²) in [6.45, 7) is 0. The summed E-state index contributed by atoms with van der Waals surface area (Å²) in [5.41, 5.74) is 7.90. The largest absolute Gasteiger partial charge is 0.366 e. The third-order valence-corrected chi connectivity index (χ3v) is 3.09. The summed E-state index contributed by atoms with van der Waals surface area (Å²) in [7, 11) is 1.97. The number of fused-ring (bicyclic) bond motifs is 3. The predicted molar refractivity (Wildman–Crippen MR) is 66.7 cm³/mol. The van der Waals surface area contributed by atoms with Crippen molar-refractivity contribution in [3.05, 3.63) is 42.2 Å². The van der Waals surface area contributed by atoms with Gasteiger partial charge in [0.2, 0.25) is 5.91 Å². The van der Waals surface area contributed by atoms with Crippen molar-refractivity contribution in [2.45, 2.75) is 0 Å². The number of benzene rings is 1. The molecule has 0 fully saturated rings. The maximum atomic E-state index is 11.2. The first-order valence-electron chi connectivity index (χ1n) is 5.30. The van der Waals surface area contributed by atoms with Gasteiger partial charge in [0.05, 0.1) is 5.52 Å². The van der Waals surface area contributed by atoms with E-state index in [1.807, 2.05) is 36.0 Å². The van der Waals surface area contributed by atoms with Crippen LogP contribution in [0.25, 0.3) is 21.8 Å². The van der Waals surface area contributed by atoms with Crippen molar-refractivity contribution >= 4 is 27.7 Å². The zero-order valence-electron chi connectivity index (χ0n) is 9.34. The molecular weight excluding hydrogens is 214 g/mol. The number of rotatable bonds is 1. The normalized spacial score (nSPS) is 11.1. The van der Waals surface area contributed by atoms with Crippen LogP contribution in [0.4, 0.5) is 0 Å². The molecule has 0 saturated heterocycles. The third kappa shape index (κ3) is 1.30. The smallest absolute Gasteiger partial charge is 0.248 e. The zero-order valence-corrected chi connectivity index (χ0v) is 9.34. The first kappa shape index (κ1) is 9.84. The molecule has 0 aliphatic heterocycles. The lowest BCUT2D eigenvalue weighted by atomic mass is 10.1. The minimum Gasteiger partial charge on any atom is -0.366 e. The molecule has 0 aliphatic carbocycles.